The Morgan fingerprint density at radius 3 is 2.31 bits per heavy atom. The Morgan fingerprint density at radius 1 is 1.50 bits per heavy atom. The quantitative estimate of drug-likeness (QED) is 0.455. The standard InChI is InChI=1S/C13H24O2Si/c1-8-11(14)10-12(9-2)15-16(6,7)13(3,4)5/h2,8,11-12,14H,1,10H2,3-7H3/t11-,12+/m1/s1. The molecule has 1 N–H and O–H groups in total. The van der Waals surface area contributed by atoms with Crippen LogP contribution in [0.4, 0.5) is 0 Å². The maximum Gasteiger partial charge on any atom is 0.193 e. The first-order chi connectivity index (χ1) is 7.14. The van der Waals surface area contributed by atoms with Gasteiger partial charge in [-0.25, -0.2) is 0 Å². The highest BCUT2D eigenvalue weighted by Crippen LogP contribution is 2.37. The Hall–Kier alpha value is -0.563. The SMILES string of the molecule is C#C[C@@H](C[C@H](O)C=C)O[Si](C)(C)C(C)(C)C. The molecule has 0 aliphatic rings. The van der Waals surface area contributed by atoms with Gasteiger partial charge in [0.05, 0.1) is 6.10 Å². The Balaban J connectivity index is 4.56. The Morgan fingerprint density at radius 2 is 2.00 bits per heavy atom. The molecule has 0 aromatic heterocycles. The molecule has 2 nitrogen and oxygen atoms in total. The summed E-state index contributed by atoms with van der Waals surface area (Å²) in [7, 11) is -1.86. The molecule has 0 amide bonds. The molecule has 0 rings (SSSR count). The molecule has 0 saturated heterocycles. The second-order valence-electron chi connectivity index (χ2n) is 5.57. The molecular formula is C13H24O2Si. The van der Waals surface area contributed by atoms with Gasteiger partial charge in [-0.3, -0.25) is 0 Å². The highest BCUT2D eigenvalue weighted by molar-refractivity contribution is 6.74. The van der Waals surface area contributed by atoms with Crippen LogP contribution in [-0.4, -0.2) is 25.6 Å². The summed E-state index contributed by atoms with van der Waals surface area (Å²) >= 11 is 0. The van der Waals surface area contributed by atoms with Crippen molar-refractivity contribution in [3.8, 4) is 12.3 Å². The maximum atomic E-state index is 9.48. The van der Waals surface area contributed by atoms with E-state index in [4.69, 9.17) is 10.8 Å². The molecule has 0 saturated carbocycles. The summed E-state index contributed by atoms with van der Waals surface area (Å²) in [6, 6.07) is 0. The third kappa shape index (κ3) is 4.52. The molecule has 0 aromatic carbocycles. The summed E-state index contributed by atoms with van der Waals surface area (Å²) in [5.74, 6) is 2.60. The fraction of sp³-hybridized carbons (Fsp3) is 0.692. The molecule has 0 heterocycles. The number of rotatable bonds is 5. The lowest BCUT2D eigenvalue weighted by molar-refractivity contribution is 0.142. The van der Waals surface area contributed by atoms with Crippen molar-refractivity contribution in [2.75, 3.05) is 0 Å². The molecule has 0 aromatic rings. The van der Waals surface area contributed by atoms with Crippen LogP contribution in [0.15, 0.2) is 12.7 Å². The smallest absolute Gasteiger partial charge is 0.193 e. The van der Waals surface area contributed by atoms with E-state index in [0.29, 0.717) is 6.42 Å². The largest absolute Gasteiger partial charge is 0.403 e. The second-order valence-corrected chi connectivity index (χ2v) is 10.3. The van der Waals surface area contributed by atoms with Gasteiger partial charge in [0, 0.05) is 6.42 Å². The highest BCUT2D eigenvalue weighted by Gasteiger charge is 2.39. The molecule has 2 atom stereocenters. The summed E-state index contributed by atoms with van der Waals surface area (Å²) in [6.07, 6.45) is 6.42. The van der Waals surface area contributed by atoms with Gasteiger partial charge >= 0.3 is 0 Å². The van der Waals surface area contributed by atoms with Crippen molar-refractivity contribution in [3.05, 3.63) is 12.7 Å². The van der Waals surface area contributed by atoms with Crippen molar-refractivity contribution >= 4 is 8.32 Å². The van der Waals surface area contributed by atoms with Crippen LogP contribution in [0.5, 0.6) is 0 Å². The average molecular weight is 240 g/mol. The summed E-state index contributed by atoms with van der Waals surface area (Å²) in [6.45, 7) is 14.3. The average Bonchev–Trinajstić information content (AvgIpc) is 2.14. The fourth-order valence-electron chi connectivity index (χ4n) is 0.998. The van der Waals surface area contributed by atoms with Gasteiger partial charge < -0.3 is 9.53 Å². The van der Waals surface area contributed by atoms with E-state index in [0.717, 1.165) is 0 Å². The van der Waals surface area contributed by atoms with Crippen LogP contribution in [0, 0.1) is 12.3 Å². The Bertz CT molecular complexity index is 271. The van der Waals surface area contributed by atoms with Gasteiger partial charge in [-0.15, -0.1) is 13.0 Å². The van der Waals surface area contributed by atoms with E-state index in [9.17, 15) is 5.11 Å². The van der Waals surface area contributed by atoms with Gasteiger partial charge in [-0.2, -0.15) is 0 Å². The predicted octanol–water partition coefficient (Wildman–Crippen LogP) is 2.95. The molecule has 0 radical (unpaired) electrons. The van der Waals surface area contributed by atoms with Crippen LogP contribution < -0.4 is 0 Å². The van der Waals surface area contributed by atoms with E-state index in [1.165, 1.54) is 6.08 Å². The van der Waals surface area contributed by atoms with E-state index < -0.39 is 14.4 Å². The first kappa shape index (κ1) is 15.4. The molecule has 0 aliphatic heterocycles. The van der Waals surface area contributed by atoms with Crippen LogP contribution in [0.3, 0.4) is 0 Å². The first-order valence-electron chi connectivity index (χ1n) is 5.58. The second kappa shape index (κ2) is 5.67. The molecule has 92 valence electrons. The Labute approximate surface area is 101 Å². The molecule has 0 spiro atoms. The minimum atomic E-state index is -1.86. The minimum Gasteiger partial charge on any atom is -0.403 e. The number of hydrogen-bond acceptors (Lipinski definition) is 2. The molecule has 0 aliphatic carbocycles. The van der Waals surface area contributed by atoms with Crippen LogP contribution in [0.2, 0.25) is 18.1 Å². The predicted molar refractivity (Wildman–Crippen MR) is 71.7 cm³/mol. The fourth-order valence-corrected chi connectivity index (χ4v) is 2.23. The van der Waals surface area contributed by atoms with Crippen molar-refractivity contribution in [2.45, 2.75) is 57.5 Å². The zero-order valence-corrected chi connectivity index (χ0v) is 12.1. The van der Waals surface area contributed by atoms with Gasteiger partial charge in [0.15, 0.2) is 8.32 Å². The van der Waals surface area contributed by atoms with Crippen molar-refractivity contribution in [2.24, 2.45) is 0 Å². The zero-order chi connectivity index (χ0) is 13.0. The molecule has 0 fully saturated rings. The van der Waals surface area contributed by atoms with E-state index >= 15 is 0 Å². The van der Waals surface area contributed by atoms with E-state index in [1.54, 1.807) is 0 Å². The monoisotopic (exact) mass is 240 g/mol. The third-order valence-corrected chi connectivity index (χ3v) is 7.64. The van der Waals surface area contributed by atoms with Gasteiger partial charge in [-0.1, -0.05) is 32.8 Å². The van der Waals surface area contributed by atoms with E-state index in [-0.39, 0.29) is 11.1 Å². The van der Waals surface area contributed by atoms with Crippen LogP contribution in [-0.2, 0) is 4.43 Å². The zero-order valence-electron chi connectivity index (χ0n) is 11.1. The normalized spacial score (nSPS) is 16.3. The van der Waals surface area contributed by atoms with Gasteiger partial charge in [-0.05, 0) is 18.1 Å². The lowest BCUT2D eigenvalue weighted by Gasteiger charge is -2.38. The molecular weight excluding hydrogens is 216 g/mol. The maximum absolute atomic E-state index is 9.48. The highest BCUT2D eigenvalue weighted by atomic mass is 28.4. The number of hydrogen-bond donors (Lipinski definition) is 1. The van der Waals surface area contributed by atoms with Crippen molar-refractivity contribution in [3.63, 3.8) is 0 Å². The molecule has 3 heteroatoms. The number of terminal acetylenes is 1. The van der Waals surface area contributed by atoms with E-state index in [2.05, 4.69) is 46.4 Å². The van der Waals surface area contributed by atoms with Crippen LogP contribution in [0.1, 0.15) is 27.2 Å². The lowest BCUT2D eigenvalue weighted by Crippen LogP contribution is -2.44. The summed E-state index contributed by atoms with van der Waals surface area (Å²) < 4.78 is 6.02. The molecule has 0 bridgehead atoms. The van der Waals surface area contributed by atoms with Crippen LogP contribution >= 0.6 is 0 Å². The number of aliphatic hydroxyl groups is 1. The first-order valence-corrected chi connectivity index (χ1v) is 8.49. The molecule has 16 heavy (non-hydrogen) atoms. The summed E-state index contributed by atoms with van der Waals surface area (Å²) in [5, 5.41) is 9.61. The summed E-state index contributed by atoms with van der Waals surface area (Å²) in [5.41, 5.74) is 0. The van der Waals surface area contributed by atoms with E-state index in [1.807, 2.05) is 0 Å². The lowest BCUT2D eigenvalue weighted by atomic mass is 10.2. The summed E-state index contributed by atoms with van der Waals surface area (Å²) in [4.78, 5) is 0. The van der Waals surface area contributed by atoms with Crippen molar-refractivity contribution < 1.29 is 9.53 Å². The Kier molecular flexibility index (Phi) is 5.47. The van der Waals surface area contributed by atoms with Crippen molar-refractivity contribution in [1.82, 2.24) is 0 Å². The number of aliphatic hydroxyl groups excluding tert-OH is 1. The molecule has 0 unspecified atom stereocenters. The van der Waals surface area contributed by atoms with Gasteiger partial charge in [0.25, 0.3) is 0 Å². The van der Waals surface area contributed by atoms with Crippen molar-refractivity contribution in [1.29, 1.82) is 0 Å². The van der Waals surface area contributed by atoms with Gasteiger partial charge in [0.2, 0.25) is 0 Å². The minimum absolute atomic E-state index is 0.126. The topological polar surface area (TPSA) is 29.5 Å². The van der Waals surface area contributed by atoms with Gasteiger partial charge in [0.1, 0.15) is 6.10 Å². The third-order valence-electron chi connectivity index (χ3n) is 3.16. The van der Waals surface area contributed by atoms with Crippen LogP contribution in [0.25, 0.3) is 0 Å².